The third kappa shape index (κ3) is 6.58. The highest BCUT2D eigenvalue weighted by atomic mass is 32.2. The highest BCUT2D eigenvalue weighted by Gasteiger charge is 2.08. The Morgan fingerprint density at radius 2 is 1.68 bits per heavy atom. The van der Waals surface area contributed by atoms with Crippen LogP contribution in [0.15, 0.2) is 63.0 Å². The number of hydrogen-bond acceptors (Lipinski definition) is 8. The number of thiazole rings is 1. The summed E-state index contributed by atoms with van der Waals surface area (Å²) in [7, 11) is 0. The van der Waals surface area contributed by atoms with Crippen molar-refractivity contribution in [1.29, 1.82) is 0 Å². The second kappa shape index (κ2) is 11.8. The van der Waals surface area contributed by atoms with Crippen LogP contribution in [-0.2, 0) is 12.8 Å². The van der Waals surface area contributed by atoms with E-state index in [-0.39, 0.29) is 0 Å². The second-order valence-electron chi connectivity index (χ2n) is 7.98. The molecule has 0 fully saturated rings. The molecule has 5 nitrogen and oxygen atoms in total. The Morgan fingerprint density at radius 1 is 0.941 bits per heavy atom. The predicted octanol–water partition coefficient (Wildman–Crippen LogP) is 8.24. The number of rotatable bonds is 11. The Balaban J connectivity index is 1.27. The smallest absolute Gasteiger partial charge is 0.299 e. The second-order valence-corrected chi connectivity index (χ2v) is 11.1. The topological polar surface area (TPSA) is 63.0 Å². The maximum absolute atomic E-state index is 5.70. The molecule has 0 unspecified atom stereocenters. The van der Waals surface area contributed by atoms with Crippen LogP contribution in [0.2, 0.25) is 0 Å². The molecule has 0 bridgehead atoms. The Hall–Kier alpha value is -2.42. The summed E-state index contributed by atoms with van der Waals surface area (Å²) in [5.74, 6) is 1.94. The summed E-state index contributed by atoms with van der Waals surface area (Å²) in [6.07, 6.45) is 8.85. The van der Waals surface area contributed by atoms with E-state index >= 15 is 0 Å². The van der Waals surface area contributed by atoms with Gasteiger partial charge in [-0.2, -0.15) is 0 Å². The first kappa shape index (κ1) is 24.7. The first-order valence-electron chi connectivity index (χ1n) is 11.4. The van der Waals surface area contributed by atoms with E-state index in [1.165, 1.54) is 25.8 Å². The summed E-state index contributed by atoms with van der Waals surface area (Å²) in [5.41, 5.74) is 4.56. The molecule has 8 heteroatoms. The van der Waals surface area contributed by atoms with Crippen molar-refractivity contribution in [2.45, 2.75) is 49.8 Å². The standard InChI is InChI=1S/C26H30N4OS3/c1-5-19-15-27-25(31-19)29-23-14-21(11-9-17(23)2)33-12-6-7-22-16-28-26(34-22)30-24-13-20(32-4)10-8-18(24)3/h8-11,13-16H,5-7,12H2,1-4H3,(H,27,29)(H,28,30). The number of thioether (sulfide) groups is 2. The van der Waals surface area contributed by atoms with Gasteiger partial charge in [0.05, 0.1) is 6.20 Å². The summed E-state index contributed by atoms with van der Waals surface area (Å²) >= 11 is 5.37. The maximum Gasteiger partial charge on any atom is 0.299 e. The van der Waals surface area contributed by atoms with Gasteiger partial charge in [-0.15, -0.1) is 34.9 Å². The summed E-state index contributed by atoms with van der Waals surface area (Å²) < 4.78 is 5.70. The number of nitrogens with one attached hydrogen (secondary N) is 2. The lowest BCUT2D eigenvalue weighted by molar-refractivity contribution is 0.527. The Morgan fingerprint density at radius 3 is 2.41 bits per heavy atom. The van der Waals surface area contributed by atoms with Gasteiger partial charge in [-0.3, -0.25) is 0 Å². The molecule has 0 aliphatic heterocycles. The molecule has 34 heavy (non-hydrogen) atoms. The highest BCUT2D eigenvalue weighted by molar-refractivity contribution is 7.99. The molecule has 4 aromatic rings. The van der Waals surface area contributed by atoms with Gasteiger partial charge in [0.1, 0.15) is 5.76 Å². The van der Waals surface area contributed by atoms with Gasteiger partial charge in [-0.25, -0.2) is 9.97 Å². The van der Waals surface area contributed by atoms with E-state index < -0.39 is 0 Å². The van der Waals surface area contributed by atoms with Crippen LogP contribution < -0.4 is 10.6 Å². The fourth-order valence-corrected chi connectivity index (χ4v) is 5.56. The number of anilines is 4. The Bertz CT molecular complexity index is 1230. The number of aromatic nitrogens is 2. The lowest BCUT2D eigenvalue weighted by Crippen LogP contribution is -1.94. The van der Waals surface area contributed by atoms with E-state index in [9.17, 15) is 0 Å². The van der Waals surface area contributed by atoms with Gasteiger partial charge in [-0.1, -0.05) is 19.1 Å². The summed E-state index contributed by atoms with van der Waals surface area (Å²) in [6, 6.07) is 13.5. The van der Waals surface area contributed by atoms with E-state index in [0.29, 0.717) is 6.01 Å². The molecular formula is C26H30N4OS3. The third-order valence-corrected chi connectivity index (χ3v) is 8.21. The Kier molecular flexibility index (Phi) is 8.59. The lowest BCUT2D eigenvalue weighted by Gasteiger charge is -2.09. The van der Waals surface area contributed by atoms with Crippen LogP contribution in [0.3, 0.4) is 0 Å². The van der Waals surface area contributed by atoms with E-state index in [4.69, 9.17) is 4.42 Å². The van der Waals surface area contributed by atoms with E-state index in [1.54, 1.807) is 29.3 Å². The molecule has 2 N–H and O–H groups in total. The monoisotopic (exact) mass is 510 g/mol. The molecule has 178 valence electrons. The van der Waals surface area contributed by atoms with Gasteiger partial charge in [-0.05, 0) is 74.1 Å². The molecule has 4 rings (SSSR count). The first-order valence-corrected chi connectivity index (χ1v) is 14.4. The molecule has 0 radical (unpaired) electrons. The highest BCUT2D eigenvalue weighted by Crippen LogP contribution is 2.30. The van der Waals surface area contributed by atoms with Crippen molar-refractivity contribution in [3.63, 3.8) is 0 Å². The minimum atomic E-state index is 0.548. The molecule has 2 aromatic heterocycles. The predicted molar refractivity (Wildman–Crippen MR) is 148 cm³/mol. The van der Waals surface area contributed by atoms with Crippen LogP contribution in [0.5, 0.6) is 0 Å². The zero-order valence-electron chi connectivity index (χ0n) is 20.0. The number of hydrogen-bond donors (Lipinski definition) is 2. The average Bonchev–Trinajstić information content (AvgIpc) is 3.49. The fraction of sp³-hybridized carbons (Fsp3) is 0.308. The molecule has 0 spiro atoms. The molecule has 0 aliphatic carbocycles. The van der Waals surface area contributed by atoms with Gasteiger partial charge in [0.25, 0.3) is 6.01 Å². The van der Waals surface area contributed by atoms with Crippen molar-refractivity contribution < 1.29 is 4.42 Å². The van der Waals surface area contributed by atoms with E-state index in [0.717, 1.165) is 47.3 Å². The van der Waals surface area contributed by atoms with Crippen LogP contribution in [0, 0.1) is 13.8 Å². The van der Waals surface area contributed by atoms with Crippen LogP contribution in [0.25, 0.3) is 0 Å². The van der Waals surface area contributed by atoms with Crippen LogP contribution >= 0.6 is 34.9 Å². The minimum absolute atomic E-state index is 0.548. The molecule has 2 aromatic carbocycles. The first-order chi connectivity index (χ1) is 16.5. The zero-order chi connectivity index (χ0) is 23.9. The van der Waals surface area contributed by atoms with Crippen molar-refractivity contribution in [3.8, 4) is 0 Å². The normalized spacial score (nSPS) is 11.1. The van der Waals surface area contributed by atoms with Crippen molar-refractivity contribution in [2.75, 3.05) is 22.6 Å². The van der Waals surface area contributed by atoms with Gasteiger partial charge in [0.15, 0.2) is 5.13 Å². The minimum Gasteiger partial charge on any atom is -0.429 e. The van der Waals surface area contributed by atoms with E-state index in [1.807, 2.05) is 18.0 Å². The molecule has 0 saturated heterocycles. The molecular weight excluding hydrogens is 481 g/mol. The number of oxazole rings is 1. The van der Waals surface area contributed by atoms with Crippen molar-refractivity contribution >= 4 is 57.4 Å². The quantitative estimate of drug-likeness (QED) is 0.156. The molecule has 2 heterocycles. The number of benzene rings is 2. The summed E-state index contributed by atoms with van der Waals surface area (Å²) in [4.78, 5) is 12.7. The van der Waals surface area contributed by atoms with Gasteiger partial charge in [0.2, 0.25) is 0 Å². The maximum atomic E-state index is 5.70. The number of aryl methyl sites for hydroxylation is 4. The fourth-order valence-electron chi connectivity index (χ4n) is 3.36. The molecule has 0 aliphatic rings. The van der Waals surface area contributed by atoms with Crippen molar-refractivity contribution in [1.82, 2.24) is 9.97 Å². The van der Waals surface area contributed by atoms with Gasteiger partial charge < -0.3 is 15.1 Å². The van der Waals surface area contributed by atoms with Gasteiger partial charge >= 0.3 is 0 Å². The largest absolute Gasteiger partial charge is 0.429 e. The molecule has 0 atom stereocenters. The zero-order valence-corrected chi connectivity index (χ0v) is 22.4. The summed E-state index contributed by atoms with van der Waals surface area (Å²) in [6.45, 7) is 6.27. The van der Waals surface area contributed by atoms with Crippen LogP contribution in [-0.4, -0.2) is 22.0 Å². The van der Waals surface area contributed by atoms with Gasteiger partial charge in [0, 0.05) is 38.7 Å². The Labute approximate surface area is 214 Å². The van der Waals surface area contributed by atoms with Crippen LogP contribution in [0.4, 0.5) is 22.5 Å². The van der Waals surface area contributed by atoms with E-state index in [2.05, 4.69) is 84.0 Å². The summed E-state index contributed by atoms with van der Waals surface area (Å²) in [5, 5.41) is 7.76. The van der Waals surface area contributed by atoms with Crippen molar-refractivity contribution in [3.05, 3.63) is 70.6 Å². The average molecular weight is 511 g/mol. The molecule has 0 saturated carbocycles. The third-order valence-electron chi connectivity index (χ3n) is 5.43. The SMILES string of the molecule is CCc1cnc(Nc2cc(SCCCc3cnc(Nc4cc(SC)ccc4C)s3)ccc2C)o1. The molecule has 0 amide bonds. The lowest BCUT2D eigenvalue weighted by atomic mass is 10.2. The van der Waals surface area contributed by atoms with Crippen LogP contribution in [0.1, 0.15) is 35.1 Å². The van der Waals surface area contributed by atoms with Crippen molar-refractivity contribution in [2.24, 2.45) is 0 Å². The number of nitrogens with zero attached hydrogens (tertiary/aromatic N) is 2.